The zero-order valence-electron chi connectivity index (χ0n) is 24.6. The van der Waals surface area contributed by atoms with Gasteiger partial charge in [0.15, 0.2) is 0 Å². The summed E-state index contributed by atoms with van der Waals surface area (Å²) in [5.41, 5.74) is 11.2. The molecule has 0 saturated heterocycles. The van der Waals surface area contributed by atoms with E-state index in [9.17, 15) is 0 Å². The summed E-state index contributed by atoms with van der Waals surface area (Å²) in [6.45, 7) is 0. The molecule has 0 atom stereocenters. The molecule has 210 valence electrons. The van der Waals surface area contributed by atoms with Crippen molar-refractivity contribution in [1.29, 1.82) is 0 Å². The van der Waals surface area contributed by atoms with Crippen LogP contribution in [0.2, 0.25) is 0 Å². The number of fused-ring (bicyclic) bond motifs is 5. The second-order valence-corrected chi connectivity index (χ2v) is 11.8. The van der Waals surface area contributed by atoms with Gasteiger partial charge in [-0.15, -0.1) is 0 Å². The summed E-state index contributed by atoms with van der Waals surface area (Å²) in [6, 6.07) is 57.1. The lowest BCUT2D eigenvalue weighted by Gasteiger charge is -2.35. The molecule has 0 fully saturated rings. The van der Waals surface area contributed by atoms with E-state index in [1.807, 2.05) is 18.5 Å². The van der Waals surface area contributed by atoms with Crippen molar-refractivity contribution in [2.75, 3.05) is 0 Å². The molecule has 2 aromatic heterocycles. The summed E-state index contributed by atoms with van der Waals surface area (Å²) in [5.74, 6) is 0. The van der Waals surface area contributed by atoms with Crippen LogP contribution in [0.15, 0.2) is 170 Å². The number of nitrogens with zero attached hydrogens (tertiary/aromatic N) is 2. The van der Waals surface area contributed by atoms with Crippen LogP contribution in [0, 0.1) is 0 Å². The summed E-state index contributed by atoms with van der Waals surface area (Å²) in [6.07, 6.45) is 3.80. The Balaban J connectivity index is 1.40. The summed E-state index contributed by atoms with van der Waals surface area (Å²) >= 11 is 0. The van der Waals surface area contributed by atoms with Crippen LogP contribution in [0.25, 0.3) is 55.2 Å². The molecule has 1 aliphatic carbocycles. The zero-order valence-corrected chi connectivity index (χ0v) is 24.6. The minimum atomic E-state index is -0.554. The zero-order chi connectivity index (χ0) is 29.8. The van der Waals surface area contributed by atoms with Crippen LogP contribution >= 0.6 is 0 Å². The van der Waals surface area contributed by atoms with Crippen molar-refractivity contribution >= 4 is 21.5 Å². The summed E-state index contributed by atoms with van der Waals surface area (Å²) < 4.78 is 0. The lowest BCUT2D eigenvalue weighted by Crippen LogP contribution is -2.28. The fourth-order valence-electron chi connectivity index (χ4n) is 7.53. The number of rotatable bonds is 4. The molecule has 2 heteroatoms. The molecule has 0 aliphatic heterocycles. The molecular formula is C43H28N2. The highest BCUT2D eigenvalue weighted by Crippen LogP contribution is 2.57. The lowest BCUT2D eigenvalue weighted by atomic mass is 9.66. The molecule has 2 heterocycles. The Morgan fingerprint density at radius 1 is 0.400 bits per heavy atom. The Morgan fingerprint density at radius 2 is 1.09 bits per heavy atom. The highest BCUT2D eigenvalue weighted by Gasteiger charge is 2.46. The maximum absolute atomic E-state index is 4.92. The fraction of sp³-hybridized carbons (Fsp3) is 0.0233. The van der Waals surface area contributed by atoms with Gasteiger partial charge in [-0.2, -0.15) is 0 Å². The van der Waals surface area contributed by atoms with Crippen LogP contribution in [0.1, 0.15) is 22.3 Å². The SMILES string of the molecule is c1ccc(-c2cc(C3(c4cccc(-c5nccc6ccccc56)c4)c4ccccc4-c4ccccc43)cc3ccccc23)nc1. The third kappa shape index (κ3) is 3.82. The molecule has 0 radical (unpaired) electrons. The van der Waals surface area contributed by atoms with E-state index in [1.165, 1.54) is 49.5 Å². The van der Waals surface area contributed by atoms with Crippen molar-refractivity contribution in [3.05, 3.63) is 192 Å². The number of pyridine rings is 2. The van der Waals surface area contributed by atoms with E-state index in [2.05, 4.69) is 152 Å². The first-order valence-electron chi connectivity index (χ1n) is 15.4. The second kappa shape index (κ2) is 10.1. The monoisotopic (exact) mass is 572 g/mol. The minimum absolute atomic E-state index is 0.554. The molecule has 45 heavy (non-hydrogen) atoms. The van der Waals surface area contributed by atoms with Crippen molar-refractivity contribution in [3.8, 4) is 33.6 Å². The molecule has 0 saturated carbocycles. The number of benzene rings is 6. The standard InChI is InChI=1S/C43H28N2/c1-4-17-35-29(12-1)23-25-45-42(35)31-14-11-15-32(27-31)43(39-20-7-5-18-36(39)37-19-6-8-21-40(37)43)33-26-30-13-2-3-16-34(30)38(28-33)41-22-9-10-24-44-41/h1-28H. The van der Waals surface area contributed by atoms with Gasteiger partial charge in [0.05, 0.1) is 16.8 Å². The molecule has 1 aliphatic rings. The highest BCUT2D eigenvalue weighted by molar-refractivity contribution is 5.99. The van der Waals surface area contributed by atoms with E-state index in [0.717, 1.165) is 27.9 Å². The first-order chi connectivity index (χ1) is 22.3. The Labute approximate surface area is 262 Å². The van der Waals surface area contributed by atoms with Crippen molar-refractivity contribution in [3.63, 3.8) is 0 Å². The van der Waals surface area contributed by atoms with Crippen molar-refractivity contribution in [2.45, 2.75) is 5.41 Å². The third-order valence-corrected chi connectivity index (χ3v) is 9.43. The molecule has 6 aromatic carbocycles. The van der Waals surface area contributed by atoms with Gasteiger partial charge in [0, 0.05) is 28.9 Å². The molecule has 2 nitrogen and oxygen atoms in total. The van der Waals surface area contributed by atoms with Crippen molar-refractivity contribution in [1.82, 2.24) is 9.97 Å². The van der Waals surface area contributed by atoms with Gasteiger partial charge in [0.1, 0.15) is 0 Å². The van der Waals surface area contributed by atoms with Gasteiger partial charge in [-0.1, -0.05) is 121 Å². The van der Waals surface area contributed by atoms with Gasteiger partial charge in [-0.05, 0) is 85.9 Å². The average molecular weight is 573 g/mol. The van der Waals surface area contributed by atoms with Gasteiger partial charge in [-0.25, -0.2) is 0 Å². The lowest BCUT2D eigenvalue weighted by molar-refractivity contribution is 0.770. The number of hydrogen-bond donors (Lipinski definition) is 0. The second-order valence-electron chi connectivity index (χ2n) is 11.8. The van der Waals surface area contributed by atoms with Gasteiger partial charge in [0.25, 0.3) is 0 Å². The average Bonchev–Trinajstić information content (AvgIpc) is 3.42. The van der Waals surface area contributed by atoms with E-state index in [1.54, 1.807) is 0 Å². The summed E-state index contributed by atoms with van der Waals surface area (Å²) in [5, 5.41) is 4.74. The molecule has 9 rings (SSSR count). The molecular weight excluding hydrogens is 544 g/mol. The van der Waals surface area contributed by atoms with E-state index in [0.29, 0.717) is 0 Å². The predicted octanol–water partition coefficient (Wildman–Crippen LogP) is 10.5. The Bertz CT molecular complexity index is 2340. The van der Waals surface area contributed by atoms with Gasteiger partial charge < -0.3 is 0 Å². The Morgan fingerprint density at radius 3 is 1.87 bits per heavy atom. The number of hydrogen-bond acceptors (Lipinski definition) is 2. The van der Waals surface area contributed by atoms with Crippen LogP contribution in [0.3, 0.4) is 0 Å². The van der Waals surface area contributed by atoms with Crippen molar-refractivity contribution in [2.24, 2.45) is 0 Å². The van der Waals surface area contributed by atoms with E-state index >= 15 is 0 Å². The van der Waals surface area contributed by atoms with Crippen molar-refractivity contribution < 1.29 is 0 Å². The van der Waals surface area contributed by atoms with E-state index in [4.69, 9.17) is 9.97 Å². The molecule has 0 spiro atoms. The molecule has 0 bridgehead atoms. The maximum Gasteiger partial charge on any atom is 0.0780 e. The smallest absolute Gasteiger partial charge is 0.0780 e. The quantitative estimate of drug-likeness (QED) is 0.210. The molecule has 8 aromatic rings. The van der Waals surface area contributed by atoms with Crippen LogP contribution < -0.4 is 0 Å². The Kier molecular flexibility index (Phi) is 5.76. The van der Waals surface area contributed by atoms with Crippen LogP contribution in [0.4, 0.5) is 0 Å². The fourth-order valence-corrected chi connectivity index (χ4v) is 7.53. The largest absolute Gasteiger partial charge is 0.256 e. The maximum atomic E-state index is 4.92. The molecule has 0 N–H and O–H groups in total. The van der Waals surface area contributed by atoms with Gasteiger partial charge >= 0.3 is 0 Å². The normalized spacial score (nSPS) is 13.1. The molecule has 0 unspecified atom stereocenters. The summed E-state index contributed by atoms with van der Waals surface area (Å²) in [4.78, 5) is 9.74. The topological polar surface area (TPSA) is 25.8 Å². The Hall–Kier alpha value is -5.86. The van der Waals surface area contributed by atoms with Crippen LogP contribution in [-0.2, 0) is 5.41 Å². The summed E-state index contributed by atoms with van der Waals surface area (Å²) in [7, 11) is 0. The van der Waals surface area contributed by atoms with E-state index < -0.39 is 5.41 Å². The van der Waals surface area contributed by atoms with Gasteiger partial charge in [0.2, 0.25) is 0 Å². The van der Waals surface area contributed by atoms with E-state index in [-0.39, 0.29) is 0 Å². The first-order valence-corrected chi connectivity index (χ1v) is 15.4. The van der Waals surface area contributed by atoms with Gasteiger partial charge in [-0.3, -0.25) is 9.97 Å². The first kappa shape index (κ1) is 25.6. The van der Waals surface area contributed by atoms with Crippen LogP contribution in [0.5, 0.6) is 0 Å². The van der Waals surface area contributed by atoms with Crippen LogP contribution in [-0.4, -0.2) is 9.97 Å². The predicted molar refractivity (Wildman–Crippen MR) is 185 cm³/mol. The highest BCUT2D eigenvalue weighted by atomic mass is 14.7. The molecule has 0 amide bonds. The number of aromatic nitrogens is 2. The minimum Gasteiger partial charge on any atom is -0.256 e. The third-order valence-electron chi connectivity index (χ3n) is 9.43.